The molecule has 236 valence electrons. The van der Waals surface area contributed by atoms with Crippen LogP contribution in [0.15, 0.2) is 146 Å². The Morgan fingerprint density at radius 1 is 0.460 bits per heavy atom. The van der Waals surface area contributed by atoms with E-state index in [0.29, 0.717) is 0 Å². The lowest BCUT2D eigenvalue weighted by Gasteiger charge is -2.42. The summed E-state index contributed by atoms with van der Waals surface area (Å²) >= 11 is 7.85. The highest BCUT2D eigenvalue weighted by atomic mass is 32.1. The first-order valence-electron chi connectivity index (χ1n) is 16.8. The minimum atomic E-state index is 0.153. The molecule has 0 N–H and O–H groups in total. The molecule has 0 saturated carbocycles. The highest BCUT2D eigenvalue weighted by molar-refractivity contribution is 7.44. The quantitative estimate of drug-likeness (QED) is 0.168. The van der Waals surface area contributed by atoms with Gasteiger partial charge in [-0.1, -0.05) is 97.1 Å². The van der Waals surface area contributed by atoms with Gasteiger partial charge in [-0.15, -0.1) is 45.3 Å². The van der Waals surface area contributed by atoms with Gasteiger partial charge in [-0.2, -0.15) is 0 Å². The van der Waals surface area contributed by atoms with Gasteiger partial charge in [0.2, 0.25) is 0 Å². The van der Waals surface area contributed by atoms with Crippen molar-refractivity contribution >= 4 is 120 Å². The number of nitrogens with zero attached hydrogens (tertiary/aromatic N) is 2. The first-order chi connectivity index (χ1) is 24.7. The Morgan fingerprint density at radius 3 is 1.28 bits per heavy atom. The number of hydrogen-bond acceptors (Lipinski definition) is 6. The second-order valence-electron chi connectivity index (χ2n) is 13.0. The van der Waals surface area contributed by atoms with Crippen LogP contribution in [0.5, 0.6) is 0 Å². The molecule has 0 fully saturated rings. The fourth-order valence-corrected chi connectivity index (χ4v) is 13.4. The Morgan fingerprint density at radius 2 is 0.860 bits per heavy atom. The minimum absolute atomic E-state index is 0.153. The highest BCUT2D eigenvalue weighted by Crippen LogP contribution is 2.53. The number of benzene rings is 5. The summed E-state index contributed by atoms with van der Waals surface area (Å²) in [5, 5.41) is 0. The normalized spacial score (nSPS) is 13.2. The summed E-state index contributed by atoms with van der Waals surface area (Å²) in [4.78, 5) is 7.78. The lowest BCUT2D eigenvalue weighted by molar-refractivity contribution is 1.26. The van der Waals surface area contributed by atoms with Crippen LogP contribution in [0.25, 0.3) is 39.7 Å². The average Bonchev–Trinajstić information content (AvgIpc) is 3.93. The molecule has 0 bridgehead atoms. The van der Waals surface area contributed by atoms with E-state index < -0.39 is 0 Å². The maximum absolute atomic E-state index is 2.57. The Kier molecular flexibility index (Phi) is 6.38. The monoisotopic (exact) mass is 710 g/mol. The number of rotatable bonds is 4. The van der Waals surface area contributed by atoms with Crippen LogP contribution in [-0.4, -0.2) is 6.71 Å². The lowest BCUT2D eigenvalue weighted by atomic mass is 9.39. The molecular weight excluding hydrogens is 684 g/mol. The van der Waals surface area contributed by atoms with Gasteiger partial charge in [0.1, 0.15) is 0 Å². The summed E-state index contributed by atoms with van der Waals surface area (Å²) in [6, 6.07) is 53.4. The summed E-state index contributed by atoms with van der Waals surface area (Å²) in [5.74, 6) is 0. The summed E-state index contributed by atoms with van der Waals surface area (Å²) in [6.07, 6.45) is 0. The van der Waals surface area contributed by atoms with Crippen LogP contribution < -0.4 is 24.8 Å². The molecule has 50 heavy (non-hydrogen) atoms. The number of aryl methyl sites for hydroxylation is 1. The molecule has 0 radical (unpaired) electrons. The zero-order valence-corrected chi connectivity index (χ0v) is 30.2. The number of thiophene rings is 4. The second-order valence-corrected chi connectivity index (χ2v) is 17.2. The van der Waals surface area contributed by atoms with Gasteiger partial charge in [-0.25, -0.2) is 0 Å². The smallest absolute Gasteiger partial charge is 0.277 e. The van der Waals surface area contributed by atoms with E-state index in [1.807, 2.05) is 45.3 Å². The van der Waals surface area contributed by atoms with Crippen molar-refractivity contribution in [3.63, 3.8) is 0 Å². The van der Waals surface area contributed by atoms with Crippen LogP contribution in [0.3, 0.4) is 0 Å². The number of hydrogen-bond donors (Lipinski definition) is 0. The average molecular weight is 711 g/mol. The third kappa shape index (κ3) is 4.18. The number of anilines is 6. The molecule has 0 aliphatic carbocycles. The topological polar surface area (TPSA) is 6.48 Å². The van der Waals surface area contributed by atoms with Crippen LogP contribution in [-0.2, 0) is 0 Å². The zero-order valence-electron chi connectivity index (χ0n) is 27.0. The zero-order chi connectivity index (χ0) is 32.9. The first-order valence-corrected chi connectivity index (χ1v) is 20.1. The van der Waals surface area contributed by atoms with Crippen molar-refractivity contribution in [1.82, 2.24) is 0 Å². The summed E-state index contributed by atoms with van der Waals surface area (Å²) in [6.45, 7) is 2.41. The van der Waals surface area contributed by atoms with Crippen molar-refractivity contribution in [2.75, 3.05) is 9.80 Å². The molecule has 5 aromatic carbocycles. The van der Waals surface area contributed by atoms with E-state index in [4.69, 9.17) is 0 Å². The molecule has 2 aliphatic rings. The summed E-state index contributed by atoms with van der Waals surface area (Å²) < 4.78 is 8.36. The Balaban J connectivity index is 1.23. The van der Waals surface area contributed by atoms with Crippen LogP contribution in [0, 0.1) is 6.92 Å². The standard InChI is InChI=1S/C43H27BN2S4/c1-26-22-31-37-32(23-26)46(30-20-12-5-13-21-30)39-41-36(25-34(48-41)28-16-8-3-9-17-28)50-43(39)44(37)42-38(45(31)29-18-10-4-11-19-29)40-35(49-42)24-33(47-40)27-14-6-2-7-15-27/h2-25H,1H3. The maximum atomic E-state index is 2.57. The predicted octanol–water partition coefficient (Wildman–Crippen LogP) is 12.0. The van der Waals surface area contributed by atoms with Gasteiger partial charge >= 0.3 is 0 Å². The maximum Gasteiger partial charge on any atom is 0.277 e. The first kappa shape index (κ1) is 28.9. The Bertz CT molecular complexity index is 2540. The third-order valence-electron chi connectivity index (χ3n) is 9.90. The third-order valence-corrected chi connectivity index (χ3v) is 14.9. The molecule has 0 amide bonds. The largest absolute Gasteiger partial charge is 0.309 e. The molecule has 6 heterocycles. The molecular formula is C43H27BN2S4. The van der Waals surface area contributed by atoms with E-state index in [2.05, 4.69) is 162 Å². The fourth-order valence-electron chi connectivity index (χ4n) is 7.83. The molecule has 4 aromatic heterocycles. The Hall–Kier alpha value is -4.92. The molecule has 0 spiro atoms. The SMILES string of the molecule is Cc1cc2c3c(c1)N(c1ccccc1)c1c(sc4cc(-c5ccccc5)sc14)B3c1sc3cc(-c4ccccc4)sc3c1N2c1ccccc1. The summed E-state index contributed by atoms with van der Waals surface area (Å²) in [7, 11) is 0. The van der Waals surface area contributed by atoms with Crippen LogP contribution in [0.2, 0.25) is 0 Å². The van der Waals surface area contributed by atoms with Crippen LogP contribution in [0.1, 0.15) is 5.56 Å². The fraction of sp³-hybridized carbons (Fsp3) is 0.0233. The van der Waals surface area contributed by atoms with Gasteiger partial charge in [0, 0.05) is 51.5 Å². The molecule has 0 unspecified atom stereocenters. The molecule has 11 rings (SSSR count). The molecule has 2 nitrogen and oxygen atoms in total. The molecule has 7 heteroatoms. The molecule has 0 atom stereocenters. The minimum Gasteiger partial charge on any atom is -0.309 e. The van der Waals surface area contributed by atoms with E-state index in [1.165, 1.54) is 94.4 Å². The van der Waals surface area contributed by atoms with Gasteiger partial charge in [0.25, 0.3) is 6.71 Å². The molecule has 9 aromatic rings. The number of fused-ring (bicyclic) bond motifs is 8. The second kappa shape index (κ2) is 11.0. The van der Waals surface area contributed by atoms with Crippen LogP contribution in [0.4, 0.5) is 34.1 Å². The number of para-hydroxylation sites is 2. The van der Waals surface area contributed by atoms with Crippen molar-refractivity contribution in [1.29, 1.82) is 0 Å². The van der Waals surface area contributed by atoms with Crippen LogP contribution >= 0.6 is 45.3 Å². The van der Waals surface area contributed by atoms with E-state index in [9.17, 15) is 0 Å². The van der Waals surface area contributed by atoms with Gasteiger partial charge < -0.3 is 9.80 Å². The van der Waals surface area contributed by atoms with Gasteiger partial charge in [-0.05, 0) is 77.6 Å². The predicted molar refractivity (Wildman–Crippen MR) is 223 cm³/mol. The van der Waals surface area contributed by atoms with Crippen molar-refractivity contribution in [3.05, 3.63) is 151 Å². The van der Waals surface area contributed by atoms with Gasteiger partial charge in [-0.3, -0.25) is 0 Å². The van der Waals surface area contributed by atoms with Crippen molar-refractivity contribution in [2.24, 2.45) is 0 Å². The van der Waals surface area contributed by atoms with E-state index in [0.717, 1.165) is 0 Å². The van der Waals surface area contributed by atoms with Crippen molar-refractivity contribution < 1.29 is 0 Å². The van der Waals surface area contributed by atoms with Gasteiger partial charge in [0.05, 0.1) is 20.8 Å². The lowest BCUT2D eigenvalue weighted by Crippen LogP contribution is -2.59. The van der Waals surface area contributed by atoms with E-state index in [-0.39, 0.29) is 6.71 Å². The van der Waals surface area contributed by atoms with E-state index in [1.54, 1.807) is 0 Å². The van der Waals surface area contributed by atoms with Gasteiger partial charge in [0.15, 0.2) is 0 Å². The van der Waals surface area contributed by atoms with Crippen molar-refractivity contribution in [3.8, 4) is 20.9 Å². The van der Waals surface area contributed by atoms with E-state index >= 15 is 0 Å². The summed E-state index contributed by atoms with van der Waals surface area (Å²) in [5.41, 5.74) is 12.9. The molecule has 0 saturated heterocycles. The Labute approximate surface area is 306 Å². The molecule has 2 aliphatic heterocycles. The van der Waals surface area contributed by atoms with Crippen molar-refractivity contribution in [2.45, 2.75) is 6.92 Å². The highest BCUT2D eigenvalue weighted by Gasteiger charge is 2.47.